The van der Waals surface area contributed by atoms with Crippen LogP contribution in [0.3, 0.4) is 0 Å². The molecule has 0 saturated heterocycles. The van der Waals surface area contributed by atoms with E-state index in [1.54, 1.807) is 36.5 Å². The number of benzene rings is 1. The minimum absolute atomic E-state index is 0.143. The third-order valence-corrected chi connectivity index (χ3v) is 6.40. The number of nitro groups is 1. The lowest BCUT2D eigenvalue weighted by molar-refractivity contribution is -0.384. The Bertz CT molecular complexity index is 1460. The number of pyridine rings is 2. The number of hydrogen-bond acceptors (Lipinski definition) is 7. The van der Waals surface area contributed by atoms with Crippen LogP contribution in [0.4, 0.5) is 17.3 Å². The van der Waals surface area contributed by atoms with Crippen LogP contribution in [0.1, 0.15) is 22.5 Å². The molecule has 10 nitrogen and oxygen atoms in total. The van der Waals surface area contributed by atoms with Gasteiger partial charge in [-0.1, -0.05) is 29.3 Å². The van der Waals surface area contributed by atoms with E-state index in [9.17, 15) is 14.9 Å². The maximum atomic E-state index is 13.5. The van der Waals surface area contributed by atoms with Crippen molar-refractivity contribution in [2.24, 2.45) is 0 Å². The third kappa shape index (κ3) is 6.39. The zero-order chi connectivity index (χ0) is 27.2. The second-order valence-corrected chi connectivity index (χ2v) is 9.43. The summed E-state index contributed by atoms with van der Waals surface area (Å²) in [6, 6.07) is 13.6. The molecule has 0 bridgehead atoms. The Labute approximate surface area is 229 Å². The first-order chi connectivity index (χ1) is 18.2. The number of carbonyl (C=O) groups is 1. The number of anilines is 2. The fourth-order valence-electron chi connectivity index (χ4n) is 3.96. The molecule has 1 amide bonds. The Hall–Kier alpha value is -4.15. The molecule has 0 atom stereocenters. The van der Waals surface area contributed by atoms with E-state index in [0.717, 1.165) is 16.7 Å². The number of nitrogen functional groups attached to an aromatic ring is 1. The van der Waals surface area contributed by atoms with Gasteiger partial charge < -0.3 is 20.5 Å². The van der Waals surface area contributed by atoms with Gasteiger partial charge in [0.25, 0.3) is 5.91 Å². The Morgan fingerprint density at radius 3 is 2.61 bits per heavy atom. The van der Waals surface area contributed by atoms with Crippen LogP contribution in [-0.2, 0) is 13.1 Å². The normalized spacial score (nSPS) is 10.8. The molecule has 4 aromatic rings. The predicted molar refractivity (Wildman–Crippen MR) is 148 cm³/mol. The quantitative estimate of drug-likeness (QED) is 0.150. The summed E-state index contributed by atoms with van der Waals surface area (Å²) >= 11 is 12.5. The Morgan fingerprint density at radius 2 is 1.92 bits per heavy atom. The Morgan fingerprint density at radius 1 is 1.16 bits per heavy atom. The van der Waals surface area contributed by atoms with Crippen LogP contribution in [0.5, 0.6) is 0 Å². The van der Waals surface area contributed by atoms with Crippen molar-refractivity contribution in [2.45, 2.75) is 19.5 Å². The molecular weight excluding hydrogens is 529 g/mol. The molecule has 0 radical (unpaired) electrons. The molecule has 0 aliphatic carbocycles. The average molecular weight is 554 g/mol. The predicted octanol–water partition coefficient (Wildman–Crippen LogP) is 5.52. The summed E-state index contributed by atoms with van der Waals surface area (Å²) in [7, 11) is 1.75. The highest BCUT2D eigenvalue weighted by Gasteiger charge is 2.20. The number of aromatic nitrogens is 3. The number of rotatable bonds is 10. The van der Waals surface area contributed by atoms with Gasteiger partial charge in [-0.15, -0.1) is 0 Å². The Kier molecular flexibility index (Phi) is 8.45. The number of hydrogen-bond donors (Lipinski definition) is 2. The SMILES string of the molecule is CN(Cc1ccncc1)C(=O)c1cc(-c2ccc(Cl)cc2Cl)cn1CCCNc1ccc([N+](=O)[O-])c(N)n1. The smallest absolute Gasteiger partial charge is 0.311 e. The molecule has 12 heteroatoms. The highest BCUT2D eigenvalue weighted by molar-refractivity contribution is 6.36. The minimum atomic E-state index is -0.576. The Balaban J connectivity index is 1.51. The summed E-state index contributed by atoms with van der Waals surface area (Å²) in [5.41, 5.74) is 8.48. The second-order valence-electron chi connectivity index (χ2n) is 8.59. The van der Waals surface area contributed by atoms with E-state index in [0.29, 0.717) is 47.6 Å². The molecular formula is C26H25Cl2N7O3. The van der Waals surface area contributed by atoms with Crippen LogP contribution in [0, 0.1) is 10.1 Å². The maximum absolute atomic E-state index is 13.5. The van der Waals surface area contributed by atoms with E-state index >= 15 is 0 Å². The van der Waals surface area contributed by atoms with Gasteiger partial charge in [0.1, 0.15) is 11.5 Å². The molecule has 0 aliphatic rings. The minimum Gasteiger partial charge on any atom is -0.378 e. The fourth-order valence-corrected chi connectivity index (χ4v) is 4.48. The molecule has 3 aromatic heterocycles. The van der Waals surface area contributed by atoms with Crippen molar-refractivity contribution < 1.29 is 9.72 Å². The number of carbonyl (C=O) groups excluding carboxylic acids is 1. The van der Waals surface area contributed by atoms with Gasteiger partial charge in [-0.25, -0.2) is 4.98 Å². The van der Waals surface area contributed by atoms with Crippen LogP contribution < -0.4 is 11.1 Å². The number of nitrogens with two attached hydrogens (primary N) is 1. The van der Waals surface area contributed by atoms with Gasteiger partial charge in [-0.3, -0.25) is 19.9 Å². The zero-order valence-corrected chi connectivity index (χ0v) is 22.0. The van der Waals surface area contributed by atoms with Crippen LogP contribution >= 0.6 is 23.2 Å². The average Bonchev–Trinajstić information content (AvgIpc) is 3.30. The van der Waals surface area contributed by atoms with Crippen LogP contribution in [-0.4, -0.2) is 43.9 Å². The molecule has 4 rings (SSSR count). The highest BCUT2D eigenvalue weighted by atomic mass is 35.5. The van der Waals surface area contributed by atoms with Gasteiger partial charge in [0.05, 0.1) is 4.92 Å². The third-order valence-electron chi connectivity index (χ3n) is 5.85. The first kappa shape index (κ1) is 26.9. The van der Waals surface area contributed by atoms with Crippen molar-refractivity contribution in [1.82, 2.24) is 19.4 Å². The molecule has 0 aliphatic heterocycles. The van der Waals surface area contributed by atoms with E-state index in [4.69, 9.17) is 28.9 Å². The standard InChI is InChI=1S/C26H25Cl2N7O3/c1-33(15-17-7-10-30-11-8-17)26(36)23-13-18(20-4-3-19(27)14-21(20)28)16-34(23)12-2-9-31-24-6-5-22(35(37)38)25(29)32-24/h3-8,10-11,13-14,16H,2,9,12,15H2,1H3,(H3,29,31,32). The van der Waals surface area contributed by atoms with E-state index in [-0.39, 0.29) is 17.4 Å². The van der Waals surface area contributed by atoms with Gasteiger partial charge in [0.2, 0.25) is 5.82 Å². The zero-order valence-electron chi connectivity index (χ0n) is 20.5. The van der Waals surface area contributed by atoms with E-state index in [1.165, 1.54) is 12.1 Å². The van der Waals surface area contributed by atoms with Crippen molar-refractivity contribution in [3.8, 4) is 11.1 Å². The molecule has 3 N–H and O–H groups in total. The van der Waals surface area contributed by atoms with Gasteiger partial charge in [0.15, 0.2) is 0 Å². The van der Waals surface area contributed by atoms with Gasteiger partial charge in [-0.2, -0.15) is 0 Å². The van der Waals surface area contributed by atoms with E-state index < -0.39 is 4.92 Å². The van der Waals surface area contributed by atoms with Crippen molar-refractivity contribution in [3.63, 3.8) is 0 Å². The van der Waals surface area contributed by atoms with E-state index in [2.05, 4.69) is 15.3 Å². The van der Waals surface area contributed by atoms with Gasteiger partial charge >= 0.3 is 5.69 Å². The summed E-state index contributed by atoms with van der Waals surface area (Å²) in [5.74, 6) is 0.138. The van der Waals surface area contributed by atoms with Gasteiger partial charge in [0, 0.05) is 72.5 Å². The van der Waals surface area contributed by atoms with Crippen LogP contribution in [0.2, 0.25) is 10.0 Å². The van der Waals surface area contributed by atoms with E-state index in [1.807, 2.05) is 35.0 Å². The number of amides is 1. The lowest BCUT2D eigenvalue weighted by Crippen LogP contribution is -2.28. The lowest BCUT2D eigenvalue weighted by Gasteiger charge is -2.18. The van der Waals surface area contributed by atoms with Crippen molar-refractivity contribution in [1.29, 1.82) is 0 Å². The molecule has 0 spiro atoms. The summed E-state index contributed by atoms with van der Waals surface area (Å²) in [4.78, 5) is 33.5. The summed E-state index contributed by atoms with van der Waals surface area (Å²) < 4.78 is 1.89. The number of nitrogens with zero attached hydrogens (tertiary/aromatic N) is 5. The molecule has 0 unspecified atom stereocenters. The van der Waals surface area contributed by atoms with Crippen LogP contribution in [0.25, 0.3) is 11.1 Å². The number of aryl methyl sites for hydroxylation is 1. The first-order valence-electron chi connectivity index (χ1n) is 11.7. The van der Waals surface area contributed by atoms with Crippen molar-refractivity contribution in [3.05, 3.63) is 98.5 Å². The first-order valence-corrected chi connectivity index (χ1v) is 12.4. The molecule has 38 heavy (non-hydrogen) atoms. The van der Waals surface area contributed by atoms with Crippen molar-refractivity contribution >= 4 is 46.4 Å². The fraction of sp³-hybridized carbons (Fsp3) is 0.192. The molecule has 1 aromatic carbocycles. The summed E-state index contributed by atoms with van der Waals surface area (Å²) in [6.45, 7) is 1.45. The molecule has 3 heterocycles. The van der Waals surface area contributed by atoms with Crippen LogP contribution in [0.15, 0.2) is 67.1 Å². The maximum Gasteiger partial charge on any atom is 0.311 e. The molecule has 0 saturated carbocycles. The second kappa shape index (κ2) is 11.9. The lowest BCUT2D eigenvalue weighted by atomic mass is 10.1. The summed E-state index contributed by atoms with van der Waals surface area (Å²) in [6.07, 6.45) is 5.91. The number of halogens is 2. The highest BCUT2D eigenvalue weighted by Crippen LogP contribution is 2.32. The monoisotopic (exact) mass is 553 g/mol. The molecule has 196 valence electrons. The molecule has 0 fully saturated rings. The van der Waals surface area contributed by atoms with Gasteiger partial charge in [-0.05, 0) is 48.4 Å². The summed E-state index contributed by atoms with van der Waals surface area (Å²) in [5, 5.41) is 15.1. The number of nitrogens with one attached hydrogen (secondary N) is 1. The topological polar surface area (TPSA) is 132 Å². The van der Waals surface area contributed by atoms with Crippen molar-refractivity contribution in [2.75, 3.05) is 24.6 Å². The largest absolute Gasteiger partial charge is 0.378 e.